The highest BCUT2D eigenvalue weighted by Crippen LogP contribution is 2.23. The Morgan fingerprint density at radius 3 is 2.88 bits per heavy atom. The van der Waals surface area contributed by atoms with Crippen molar-refractivity contribution in [1.82, 2.24) is 4.98 Å². The number of anilines is 1. The first-order valence-corrected chi connectivity index (χ1v) is 6.74. The van der Waals surface area contributed by atoms with Crippen molar-refractivity contribution < 1.29 is 0 Å². The average Bonchev–Trinajstić information content (AvgIpc) is 2.33. The molecule has 92 valence electrons. The zero-order chi connectivity index (χ0) is 12.1. The number of allylic oxidation sites excluding steroid dienone is 1. The van der Waals surface area contributed by atoms with Crippen molar-refractivity contribution in [2.45, 2.75) is 32.1 Å². The number of aromatic nitrogens is 1. The van der Waals surface area contributed by atoms with Crippen LogP contribution in [-0.2, 0) is 0 Å². The third-order valence-corrected chi connectivity index (χ3v) is 3.43. The van der Waals surface area contributed by atoms with Crippen LogP contribution in [0.3, 0.4) is 0 Å². The molecule has 0 aromatic carbocycles. The molecule has 0 aliphatic heterocycles. The van der Waals surface area contributed by atoms with Gasteiger partial charge in [-0.05, 0) is 38.2 Å². The molecule has 1 heterocycles. The lowest BCUT2D eigenvalue weighted by atomic mass is 9.97. The van der Waals surface area contributed by atoms with Crippen molar-refractivity contribution in [3.05, 3.63) is 34.0 Å². The summed E-state index contributed by atoms with van der Waals surface area (Å²) in [6.45, 7) is 0.875. The van der Waals surface area contributed by atoms with Crippen molar-refractivity contribution in [3.8, 4) is 0 Å². The molecule has 0 saturated carbocycles. The quantitative estimate of drug-likeness (QED) is 0.803. The van der Waals surface area contributed by atoms with E-state index in [2.05, 4.69) is 16.4 Å². The van der Waals surface area contributed by atoms with Gasteiger partial charge in [-0.15, -0.1) is 0 Å². The molecule has 17 heavy (non-hydrogen) atoms. The Balaban J connectivity index is 1.83. The topological polar surface area (TPSA) is 24.9 Å². The molecule has 2 nitrogen and oxygen atoms in total. The molecule has 0 fully saturated rings. The fourth-order valence-electron chi connectivity index (χ4n) is 2.02. The molecule has 0 saturated heterocycles. The summed E-state index contributed by atoms with van der Waals surface area (Å²) in [5.74, 6) is 0.715. The van der Waals surface area contributed by atoms with Gasteiger partial charge in [-0.1, -0.05) is 34.9 Å². The maximum atomic E-state index is 6.03. The molecule has 4 heteroatoms. The second-order valence-electron chi connectivity index (χ2n) is 4.27. The first kappa shape index (κ1) is 12.7. The first-order chi connectivity index (χ1) is 8.25. The van der Waals surface area contributed by atoms with Crippen LogP contribution < -0.4 is 5.32 Å². The number of hydrogen-bond donors (Lipinski definition) is 1. The van der Waals surface area contributed by atoms with Crippen LogP contribution in [0, 0.1) is 0 Å². The first-order valence-electron chi connectivity index (χ1n) is 5.98. The fraction of sp³-hybridized carbons (Fsp3) is 0.462. The summed E-state index contributed by atoms with van der Waals surface area (Å²) in [5.41, 5.74) is 1.55. The summed E-state index contributed by atoms with van der Waals surface area (Å²) in [6.07, 6.45) is 10.2. The van der Waals surface area contributed by atoms with Gasteiger partial charge in [0.25, 0.3) is 0 Å². The van der Waals surface area contributed by atoms with Crippen LogP contribution in [0.2, 0.25) is 10.0 Å². The molecule has 0 atom stereocenters. The van der Waals surface area contributed by atoms with Gasteiger partial charge in [0.15, 0.2) is 0 Å². The van der Waals surface area contributed by atoms with E-state index in [0.717, 1.165) is 13.0 Å². The lowest BCUT2D eigenvalue weighted by Gasteiger charge is -2.13. The third-order valence-electron chi connectivity index (χ3n) is 2.93. The second kappa shape index (κ2) is 6.27. The van der Waals surface area contributed by atoms with E-state index in [1.807, 2.05) is 0 Å². The molecule has 0 spiro atoms. The largest absolute Gasteiger partial charge is 0.369 e. The molecule has 0 amide bonds. The summed E-state index contributed by atoms with van der Waals surface area (Å²) in [4.78, 5) is 4.17. The van der Waals surface area contributed by atoms with E-state index in [9.17, 15) is 0 Å². The smallest absolute Gasteiger partial charge is 0.144 e. The highest BCUT2D eigenvalue weighted by atomic mass is 35.5. The van der Waals surface area contributed by atoms with Crippen LogP contribution in [0.1, 0.15) is 32.1 Å². The number of pyridine rings is 1. The van der Waals surface area contributed by atoms with E-state index in [1.165, 1.54) is 25.7 Å². The third kappa shape index (κ3) is 3.90. The molecule has 1 aliphatic carbocycles. The van der Waals surface area contributed by atoms with Crippen molar-refractivity contribution >= 4 is 29.0 Å². The van der Waals surface area contributed by atoms with Crippen LogP contribution in [0.25, 0.3) is 0 Å². The zero-order valence-electron chi connectivity index (χ0n) is 9.68. The summed E-state index contributed by atoms with van der Waals surface area (Å²) < 4.78 is 0. The predicted molar refractivity (Wildman–Crippen MR) is 73.9 cm³/mol. The minimum atomic E-state index is 0.565. The number of nitrogens with zero attached hydrogens (tertiary/aromatic N) is 1. The molecule has 1 aliphatic rings. The monoisotopic (exact) mass is 270 g/mol. The van der Waals surface area contributed by atoms with Gasteiger partial charge in [-0.2, -0.15) is 0 Å². The molecule has 0 bridgehead atoms. The molecular formula is C13H16Cl2N2. The van der Waals surface area contributed by atoms with E-state index < -0.39 is 0 Å². The predicted octanol–water partition coefficient (Wildman–Crippen LogP) is 4.69. The van der Waals surface area contributed by atoms with E-state index in [-0.39, 0.29) is 0 Å². The van der Waals surface area contributed by atoms with E-state index in [4.69, 9.17) is 23.2 Å². The SMILES string of the molecule is Clc1cnc(NCCC2=CCCCC2)c(Cl)c1. The standard InChI is InChI=1S/C13H16Cl2N2/c14-11-8-12(15)13(17-9-11)16-7-6-10-4-2-1-3-5-10/h4,8-9H,1-3,5-7H2,(H,16,17). The Morgan fingerprint density at radius 2 is 2.18 bits per heavy atom. The van der Waals surface area contributed by atoms with Crippen LogP contribution in [0.15, 0.2) is 23.9 Å². The van der Waals surface area contributed by atoms with Crippen molar-refractivity contribution in [1.29, 1.82) is 0 Å². The molecular weight excluding hydrogens is 255 g/mol. The van der Waals surface area contributed by atoms with Crippen LogP contribution in [0.4, 0.5) is 5.82 Å². The minimum Gasteiger partial charge on any atom is -0.369 e. The van der Waals surface area contributed by atoms with Gasteiger partial charge >= 0.3 is 0 Å². The van der Waals surface area contributed by atoms with Gasteiger partial charge in [-0.25, -0.2) is 4.98 Å². The molecule has 2 rings (SSSR count). The van der Waals surface area contributed by atoms with Crippen molar-refractivity contribution in [2.24, 2.45) is 0 Å². The normalized spacial score (nSPS) is 15.5. The second-order valence-corrected chi connectivity index (χ2v) is 5.11. The van der Waals surface area contributed by atoms with Gasteiger partial charge in [0.1, 0.15) is 5.82 Å². The Hall–Kier alpha value is -0.730. The van der Waals surface area contributed by atoms with E-state index >= 15 is 0 Å². The van der Waals surface area contributed by atoms with E-state index in [0.29, 0.717) is 15.9 Å². The number of hydrogen-bond acceptors (Lipinski definition) is 2. The Labute approximate surface area is 112 Å². The average molecular weight is 271 g/mol. The summed E-state index contributed by atoms with van der Waals surface area (Å²) in [5, 5.41) is 4.39. The maximum Gasteiger partial charge on any atom is 0.144 e. The fourth-order valence-corrected chi connectivity index (χ4v) is 2.46. The van der Waals surface area contributed by atoms with Gasteiger partial charge < -0.3 is 5.32 Å². The maximum absolute atomic E-state index is 6.03. The molecule has 0 radical (unpaired) electrons. The van der Waals surface area contributed by atoms with Gasteiger partial charge in [0.2, 0.25) is 0 Å². The number of halogens is 2. The summed E-state index contributed by atoms with van der Waals surface area (Å²) in [6, 6.07) is 1.71. The van der Waals surface area contributed by atoms with Crippen LogP contribution in [-0.4, -0.2) is 11.5 Å². The Kier molecular flexibility index (Phi) is 4.69. The van der Waals surface area contributed by atoms with Crippen LogP contribution >= 0.6 is 23.2 Å². The minimum absolute atomic E-state index is 0.565. The lowest BCUT2D eigenvalue weighted by molar-refractivity contribution is 0.679. The van der Waals surface area contributed by atoms with Gasteiger partial charge in [0.05, 0.1) is 10.0 Å². The Morgan fingerprint density at radius 1 is 1.29 bits per heavy atom. The molecule has 1 aromatic rings. The van der Waals surface area contributed by atoms with Gasteiger partial charge in [0, 0.05) is 12.7 Å². The molecule has 1 aromatic heterocycles. The molecule has 1 N–H and O–H groups in total. The highest BCUT2D eigenvalue weighted by molar-refractivity contribution is 6.35. The summed E-state index contributed by atoms with van der Waals surface area (Å²) in [7, 11) is 0. The van der Waals surface area contributed by atoms with Crippen molar-refractivity contribution in [3.63, 3.8) is 0 Å². The van der Waals surface area contributed by atoms with Crippen molar-refractivity contribution in [2.75, 3.05) is 11.9 Å². The zero-order valence-corrected chi connectivity index (χ0v) is 11.2. The summed E-state index contributed by atoms with van der Waals surface area (Å²) >= 11 is 11.8. The van der Waals surface area contributed by atoms with Crippen LogP contribution in [0.5, 0.6) is 0 Å². The Bertz CT molecular complexity index is 416. The lowest BCUT2D eigenvalue weighted by Crippen LogP contribution is -2.06. The number of rotatable bonds is 4. The van der Waals surface area contributed by atoms with E-state index in [1.54, 1.807) is 17.8 Å². The van der Waals surface area contributed by atoms with Gasteiger partial charge in [-0.3, -0.25) is 0 Å². The molecule has 0 unspecified atom stereocenters. The number of nitrogens with one attached hydrogen (secondary N) is 1. The highest BCUT2D eigenvalue weighted by Gasteiger charge is 2.05.